The summed E-state index contributed by atoms with van der Waals surface area (Å²) in [7, 11) is -2.88. The average molecular weight is 626 g/mol. The number of carbonyl (C=O) groups is 1. The van der Waals surface area contributed by atoms with Crippen LogP contribution in [0.15, 0.2) is 50.2 Å². The molecule has 34 heavy (non-hydrogen) atoms. The summed E-state index contributed by atoms with van der Waals surface area (Å²) >= 11 is 6.39. The van der Waals surface area contributed by atoms with Crippen LogP contribution < -0.4 is 9.62 Å². The van der Waals surface area contributed by atoms with Crippen LogP contribution in [0.1, 0.15) is 23.6 Å². The lowest BCUT2D eigenvalue weighted by Gasteiger charge is -2.25. The van der Waals surface area contributed by atoms with Crippen LogP contribution in [0.25, 0.3) is 0 Å². The van der Waals surface area contributed by atoms with Gasteiger partial charge in [0.2, 0.25) is 10.0 Å². The van der Waals surface area contributed by atoms with Crippen molar-refractivity contribution in [2.45, 2.75) is 29.6 Å². The number of nitrogens with one attached hydrogen (secondary N) is 1. The molecule has 14 heteroatoms. The number of benzene rings is 2. The molecule has 1 amide bonds. The fraction of sp³-hybridized carbons (Fsp3) is 0.300. The molecule has 0 aromatic heterocycles. The van der Waals surface area contributed by atoms with Crippen molar-refractivity contribution in [2.24, 2.45) is 0 Å². The van der Waals surface area contributed by atoms with Gasteiger partial charge in [-0.25, -0.2) is 17.9 Å². The van der Waals surface area contributed by atoms with Crippen molar-refractivity contribution >= 4 is 53.7 Å². The smallest absolute Gasteiger partial charge is 0.416 e. The van der Waals surface area contributed by atoms with E-state index in [1.54, 1.807) is 6.07 Å². The zero-order valence-corrected chi connectivity index (χ0v) is 21.3. The summed E-state index contributed by atoms with van der Waals surface area (Å²) in [6.45, 7) is -0.113. The van der Waals surface area contributed by atoms with Gasteiger partial charge < -0.3 is 10.0 Å². The number of nitrogens with zero attached hydrogens (tertiary/aromatic N) is 3. The first-order valence-electron chi connectivity index (χ1n) is 9.56. The lowest BCUT2D eigenvalue weighted by Crippen LogP contribution is -2.36. The molecule has 2 aromatic rings. The minimum Gasteiger partial charge on any atom is -0.465 e. The highest BCUT2D eigenvalue weighted by atomic mass is 79.9. The first-order valence-corrected chi connectivity index (χ1v) is 12.6. The van der Waals surface area contributed by atoms with Gasteiger partial charge >= 0.3 is 12.3 Å². The topological polar surface area (TPSA) is 114 Å². The van der Waals surface area contributed by atoms with Crippen LogP contribution in [0.2, 0.25) is 0 Å². The molecular weight excluding hydrogens is 609 g/mol. The van der Waals surface area contributed by atoms with Gasteiger partial charge in [0, 0.05) is 28.6 Å². The Labute approximate surface area is 210 Å². The van der Waals surface area contributed by atoms with Crippen molar-refractivity contribution in [1.82, 2.24) is 9.62 Å². The quantitative estimate of drug-likeness (QED) is 0.456. The standard InChI is InChI=1S/C20H17Br2F3N4O4S/c1-28(19(30)31)16-5-2-11(20(23,24)25)6-14(16)17-8-13(9-29(17)10-26)27-34(32,33)18-7-12(21)3-4-15(18)22/h2-7,13,17,27H,8-9H2,1H3,(H,30,31)/t13-,17-/m1/s1. The Hall–Kier alpha value is -2.34. The molecule has 0 spiro atoms. The monoisotopic (exact) mass is 624 g/mol. The van der Waals surface area contributed by atoms with Crippen LogP contribution in [0.3, 0.4) is 0 Å². The highest BCUT2D eigenvalue weighted by Crippen LogP contribution is 2.41. The number of hydrogen-bond donors (Lipinski definition) is 2. The minimum atomic E-state index is -4.70. The number of anilines is 1. The van der Waals surface area contributed by atoms with Crippen molar-refractivity contribution in [2.75, 3.05) is 18.5 Å². The van der Waals surface area contributed by atoms with Crippen molar-refractivity contribution in [3.8, 4) is 6.19 Å². The Morgan fingerprint density at radius 3 is 2.53 bits per heavy atom. The number of halogens is 5. The van der Waals surface area contributed by atoms with Crippen molar-refractivity contribution in [3.63, 3.8) is 0 Å². The molecular formula is C20H17Br2F3N4O4S. The van der Waals surface area contributed by atoms with Crippen LogP contribution in [0, 0.1) is 11.5 Å². The van der Waals surface area contributed by atoms with Gasteiger partial charge in [-0.3, -0.25) is 4.90 Å². The highest BCUT2D eigenvalue weighted by molar-refractivity contribution is 9.11. The third kappa shape index (κ3) is 5.48. The minimum absolute atomic E-state index is 0.0380. The third-order valence-electron chi connectivity index (χ3n) is 5.30. The SMILES string of the molecule is CN(C(=O)O)c1ccc(C(F)(F)F)cc1[C@H]1C[C@@H](NS(=O)(=O)c2cc(Br)ccc2Br)CN1C#N. The average Bonchev–Trinajstić information content (AvgIpc) is 3.15. The first kappa shape index (κ1) is 26.3. The van der Waals surface area contributed by atoms with Gasteiger partial charge in [-0.1, -0.05) is 15.9 Å². The Bertz CT molecular complexity index is 1270. The predicted molar refractivity (Wildman–Crippen MR) is 124 cm³/mol. The van der Waals surface area contributed by atoms with E-state index in [-0.39, 0.29) is 29.1 Å². The van der Waals surface area contributed by atoms with Crippen LogP contribution >= 0.6 is 31.9 Å². The maximum atomic E-state index is 13.4. The zero-order chi connectivity index (χ0) is 25.4. The highest BCUT2D eigenvalue weighted by Gasteiger charge is 2.39. The molecule has 1 aliphatic rings. The van der Waals surface area contributed by atoms with Crippen LogP contribution in [-0.2, 0) is 16.2 Å². The molecule has 0 unspecified atom stereocenters. The summed E-state index contributed by atoms with van der Waals surface area (Å²) in [4.78, 5) is 13.3. The van der Waals surface area contributed by atoms with E-state index in [0.29, 0.717) is 8.95 Å². The Kier molecular flexibility index (Phi) is 7.51. The Morgan fingerprint density at radius 2 is 1.94 bits per heavy atom. The predicted octanol–water partition coefficient (Wildman–Crippen LogP) is 4.92. The number of likely N-dealkylation sites (tertiary alicyclic amines) is 1. The molecule has 1 aliphatic heterocycles. The van der Waals surface area contributed by atoms with Crippen LogP contribution in [0.5, 0.6) is 0 Å². The maximum absolute atomic E-state index is 13.4. The second-order valence-electron chi connectivity index (χ2n) is 7.51. The number of rotatable bonds is 5. The largest absolute Gasteiger partial charge is 0.465 e. The van der Waals surface area contributed by atoms with Crippen molar-refractivity contribution in [1.29, 1.82) is 5.26 Å². The van der Waals surface area contributed by atoms with Gasteiger partial charge in [0.05, 0.1) is 22.2 Å². The van der Waals surface area contributed by atoms with Crippen molar-refractivity contribution in [3.05, 3.63) is 56.5 Å². The summed E-state index contributed by atoms with van der Waals surface area (Å²) in [6, 6.07) is 5.33. The second kappa shape index (κ2) is 9.73. The summed E-state index contributed by atoms with van der Waals surface area (Å²) in [5, 5.41) is 19.0. The first-order chi connectivity index (χ1) is 15.7. The molecule has 3 rings (SSSR count). The van der Waals surface area contributed by atoms with E-state index in [2.05, 4.69) is 36.6 Å². The molecule has 1 saturated heterocycles. The van der Waals surface area contributed by atoms with Crippen LogP contribution in [-0.4, -0.2) is 44.2 Å². The van der Waals surface area contributed by atoms with Gasteiger partial charge in [-0.2, -0.15) is 18.4 Å². The van der Waals surface area contributed by atoms with Gasteiger partial charge in [0.25, 0.3) is 0 Å². The normalized spacial score (nSPS) is 18.6. The van der Waals surface area contributed by atoms with E-state index in [0.717, 1.165) is 28.0 Å². The molecule has 2 N–H and O–H groups in total. The van der Waals surface area contributed by atoms with E-state index in [1.807, 2.05) is 6.19 Å². The second-order valence-corrected chi connectivity index (χ2v) is 11.0. The molecule has 1 fully saturated rings. The van der Waals surface area contributed by atoms with E-state index < -0.39 is 39.9 Å². The van der Waals surface area contributed by atoms with E-state index in [9.17, 15) is 36.8 Å². The number of sulfonamides is 1. The molecule has 0 bridgehead atoms. The summed E-state index contributed by atoms with van der Waals surface area (Å²) in [5.74, 6) is 0. The maximum Gasteiger partial charge on any atom is 0.416 e. The van der Waals surface area contributed by atoms with E-state index >= 15 is 0 Å². The molecule has 0 aliphatic carbocycles. The molecule has 182 valence electrons. The zero-order valence-electron chi connectivity index (χ0n) is 17.3. The molecule has 2 atom stereocenters. The summed E-state index contributed by atoms with van der Waals surface area (Å²) in [5.41, 5.74) is -1.10. The van der Waals surface area contributed by atoms with Crippen molar-refractivity contribution < 1.29 is 31.5 Å². The molecule has 0 saturated carbocycles. The number of amides is 1. The molecule has 2 aromatic carbocycles. The van der Waals surface area contributed by atoms with E-state index in [1.165, 1.54) is 19.2 Å². The molecule has 1 heterocycles. The lowest BCUT2D eigenvalue weighted by atomic mass is 9.98. The number of hydrogen-bond acceptors (Lipinski definition) is 5. The Balaban J connectivity index is 1.99. The summed E-state index contributed by atoms with van der Waals surface area (Å²) < 4.78 is 69.3. The number of nitriles is 1. The van der Waals surface area contributed by atoms with Crippen LogP contribution in [0.4, 0.5) is 23.7 Å². The number of carboxylic acid groups (broad SMARTS) is 1. The fourth-order valence-electron chi connectivity index (χ4n) is 3.70. The summed E-state index contributed by atoms with van der Waals surface area (Å²) in [6.07, 6.45) is -4.28. The van der Waals surface area contributed by atoms with Gasteiger partial charge in [0.15, 0.2) is 6.19 Å². The van der Waals surface area contributed by atoms with Gasteiger partial charge in [0.1, 0.15) is 0 Å². The Morgan fingerprint density at radius 1 is 1.26 bits per heavy atom. The molecule has 0 radical (unpaired) electrons. The van der Waals surface area contributed by atoms with E-state index in [4.69, 9.17) is 0 Å². The van der Waals surface area contributed by atoms with Gasteiger partial charge in [-0.05, 0) is 64.3 Å². The van der Waals surface area contributed by atoms with Gasteiger partial charge in [-0.15, -0.1) is 0 Å². The number of alkyl halides is 3. The third-order valence-corrected chi connectivity index (χ3v) is 8.30. The lowest BCUT2D eigenvalue weighted by molar-refractivity contribution is -0.137. The molecule has 8 nitrogen and oxygen atoms in total. The fourth-order valence-corrected chi connectivity index (χ4v) is 6.44.